The van der Waals surface area contributed by atoms with E-state index in [2.05, 4.69) is 26.1 Å². The average molecular weight is 322 g/mol. The highest BCUT2D eigenvalue weighted by Gasteiger charge is 2.24. The number of benzene rings is 1. The maximum absolute atomic E-state index is 12.4. The van der Waals surface area contributed by atoms with Crippen molar-refractivity contribution in [2.75, 3.05) is 12.3 Å². The second-order valence-corrected chi connectivity index (χ2v) is 5.31. The maximum atomic E-state index is 12.4. The molecule has 19 heavy (non-hydrogen) atoms. The van der Waals surface area contributed by atoms with Gasteiger partial charge in [-0.05, 0) is 18.2 Å². The van der Waals surface area contributed by atoms with Crippen molar-refractivity contribution in [1.29, 1.82) is 0 Å². The molecular formula is C12H12BrN5O. The molecule has 1 aromatic carbocycles. The van der Waals surface area contributed by atoms with Crippen molar-refractivity contribution >= 4 is 27.5 Å². The zero-order valence-electron chi connectivity index (χ0n) is 10.1. The molecule has 1 aliphatic rings. The molecular weight excluding hydrogens is 310 g/mol. The van der Waals surface area contributed by atoms with E-state index in [1.165, 1.54) is 0 Å². The summed E-state index contributed by atoms with van der Waals surface area (Å²) in [5.41, 5.74) is 6.90. The van der Waals surface area contributed by atoms with Crippen molar-refractivity contribution in [3.8, 4) is 0 Å². The van der Waals surface area contributed by atoms with Crippen molar-refractivity contribution in [3.05, 3.63) is 40.4 Å². The van der Waals surface area contributed by atoms with E-state index in [1.807, 2.05) is 10.6 Å². The molecule has 1 aliphatic heterocycles. The Bertz CT molecular complexity index is 639. The molecule has 2 N–H and O–H groups in total. The second kappa shape index (κ2) is 4.65. The van der Waals surface area contributed by atoms with Gasteiger partial charge in [0.25, 0.3) is 5.91 Å². The lowest BCUT2D eigenvalue weighted by Crippen LogP contribution is -2.38. The first-order valence-corrected chi connectivity index (χ1v) is 6.65. The fourth-order valence-electron chi connectivity index (χ4n) is 2.14. The highest BCUT2D eigenvalue weighted by Crippen LogP contribution is 2.21. The van der Waals surface area contributed by atoms with Gasteiger partial charge in [0.15, 0.2) is 5.82 Å². The van der Waals surface area contributed by atoms with Crippen molar-refractivity contribution < 1.29 is 4.79 Å². The van der Waals surface area contributed by atoms with Gasteiger partial charge in [-0.2, -0.15) is 0 Å². The fraction of sp³-hybridized carbons (Fsp3) is 0.250. The molecule has 0 radical (unpaired) electrons. The molecule has 0 fully saturated rings. The topological polar surface area (TPSA) is 77.0 Å². The summed E-state index contributed by atoms with van der Waals surface area (Å²) >= 11 is 3.33. The Hall–Kier alpha value is -1.89. The van der Waals surface area contributed by atoms with Crippen LogP contribution in [0.25, 0.3) is 0 Å². The molecule has 0 unspecified atom stereocenters. The lowest BCUT2D eigenvalue weighted by Gasteiger charge is -2.27. The number of anilines is 1. The van der Waals surface area contributed by atoms with Crippen LogP contribution in [0.3, 0.4) is 0 Å². The number of hydrogen-bond donors (Lipinski definition) is 1. The van der Waals surface area contributed by atoms with E-state index in [0.717, 1.165) is 10.3 Å². The third-order valence-corrected chi connectivity index (χ3v) is 3.66. The molecule has 3 rings (SSSR count). The average Bonchev–Trinajstić information content (AvgIpc) is 2.85. The lowest BCUT2D eigenvalue weighted by molar-refractivity contribution is 0.0708. The zero-order valence-corrected chi connectivity index (χ0v) is 11.7. The molecule has 0 saturated carbocycles. The van der Waals surface area contributed by atoms with Gasteiger partial charge in [0.2, 0.25) is 0 Å². The predicted octanol–water partition coefficient (Wildman–Crippen LogP) is 1.28. The Labute approximate surface area is 118 Å². The van der Waals surface area contributed by atoms with Crippen LogP contribution in [0.4, 0.5) is 5.69 Å². The molecule has 1 aromatic heterocycles. The number of halogens is 1. The van der Waals surface area contributed by atoms with Gasteiger partial charge >= 0.3 is 0 Å². The monoisotopic (exact) mass is 321 g/mol. The number of carbonyl (C=O) groups is 1. The number of nitrogens with two attached hydrogens (primary N) is 1. The minimum absolute atomic E-state index is 0.0701. The van der Waals surface area contributed by atoms with E-state index in [9.17, 15) is 4.79 Å². The van der Waals surface area contributed by atoms with E-state index in [4.69, 9.17) is 5.73 Å². The van der Waals surface area contributed by atoms with Gasteiger partial charge in [0.1, 0.15) is 6.33 Å². The summed E-state index contributed by atoms with van der Waals surface area (Å²) in [5.74, 6) is 0.731. The highest BCUT2D eigenvalue weighted by molar-refractivity contribution is 9.10. The zero-order chi connectivity index (χ0) is 13.4. The summed E-state index contributed by atoms with van der Waals surface area (Å²) in [4.78, 5) is 14.2. The third-order valence-electron chi connectivity index (χ3n) is 3.17. The van der Waals surface area contributed by atoms with Gasteiger partial charge in [-0.3, -0.25) is 4.79 Å². The number of amides is 1. The Morgan fingerprint density at radius 1 is 1.37 bits per heavy atom. The largest absolute Gasteiger partial charge is 0.398 e. The lowest BCUT2D eigenvalue weighted by atomic mass is 10.1. The van der Waals surface area contributed by atoms with Crippen LogP contribution < -0.4 is 5.73 Å². The van der Waals surface area contributed by atoms with Crippen molar-refractivity contribution in [2.45, 2.75) is 13.1 Å². The minimum atomic E-state index is -0.0701. The molecule has 98 valence electrons. The summed E-state index contributed by atoms with van der Waals surface area (Å²) in [6.07, 6.45) is 1.69. The molecule has 1 amide bonds. The van der Waals surface area contributed by atoms with Crippen LogP contribution in [0.15, 0.2) is 29.0 Å². The molecule has 0 bridgehead atoms. The Kier molecular flexibility index (Phi) is 2.98. The Morgan fingerprint density at radius 3 is 3.00 bits per heavy atom. The molecule has 2 heterocycles. The first-order chi connectivity index (χ1) is 9.15. The molecule has 0 spiro atoms. The standard InChI is InChI=1S/C12H12BrN5O/c13-8-1-2-9(10(14)5-8)12(19)17-3-4-18-7-15-16-11(18)6-17/h1-2,5,7H,3-4,6,14H2. The number of nitrogen functional groups attached to an aromatic ring is 1. The maximum Gasteiger partial charge on any atom is 0.256 e. The molecule has 0 saturated heterocycles. The van der Waals surface area contributed by atoms with Crippen LogP contribution in [-0.2, 0) is 13.1 Å². The SMILES string of the molecule is Nc1cc(Br)ccc1C(=O)N1CCn2cnnc2C1. The van der Waals surface area contributed by atoms with Crippen LogP contribution in [0.5, 0.6) is 0 Å². The van der Waals surface area contributed by atoms with Gasteiger partial charge in [-0.15, -0.1) is 10.2 Å². The third kappa shape index (κ3) is 2.21. The molecule has 6 nitrogen and oxygen atoms in total. The van der Waals surface area contributed by atoms with Gasteiger partial charge in [-0.1, -0.05) is 15.9 Å². The number of carbonyl (C=O) groups excluding carboxylic acids is 1. The fourth-order valence-corrected chi connectivity index (χ4v) is 2.52. The Balaban J connectivity index is 1.85. The van der Waals surface area contributed by atoms with E-state index >= 15 is 0 Å². The second-order valence-electron chi connectivity index (χ2n) is 4.40. The number of nitrogens with zero attached hydrogens (tertiary/aromatic N) is 4. The molecule has 7 heteroatoms. The summed E-state index contributed by atoms with van der Waals surface area (Å²) in [7, 11) is 0. The smallest absolute Gasteiger partial charge is 0.256 e. The normalized spacial score (nSPS) is 14.3. The van der Waals surface area contributed by atoms with Crippen LogP contribution >= 0.6 is 15.9 Å². The summed E-state index contributed by atoms with van der Waals surface area (Å²) in [6.45, 7) is 1.82. The highest BCUT2D eigenvalue weighted by atomic mass is 79.9. The van der Waals surface area contributed by atoms with E-state index in [1.54, 1.807) is 23.4 Å². The van der Waals surface area contributed by atoms with Crippen molar-refractivity contribution in [3.63, 3.8) is 0 Å². The first kappa shape index (κ1) is 12.2. The predicted molar refractivity (Wildman–Crippen MR) is 73.3 cm³/mol. The first-order valence-electron chi connectivity index (χ1n) is 5.86. The minimum Gasteiger partial charge on any atom is -0.398 e. The van der Waals surface area contributed by atoms with Crippen LogP contribution in [-0.4, -0.2) is 32.1 Å². The molecule has 0 aliphatic carbocycles. The summed E-state index contributed by atoms with van der Waals surface area (Å²) in [5, 5.41) is 7.84. The Morgan fingerprint density at radius 2 is 2.21 bits per heavy atom. The molecule has 0 atom stereocenters. The summed E-state index contributed by atoms with van der Waals surface area (Å²) < 4.78 is 2.81. The molecule has 2 aromatic rings. The van der Waals surface area contributed by atoms with Crippen LogP contribution in [0, 0.1) is 0 Å². The van der Waals surface area contributed by atoms with Gasteiger partial charge in [0.05, 0.1) is 12.1 Å². The van der Waals surface area contributed by atoms with Gasteiger partial charge < -0.3 is 15.2 Å². The summed E-state index contributed by atoms with van der Waals surface area (Å²) in [6, 6.07) is 5.29. The number of fused-ring (bicyclic) bond motifs is 1. The van der Waals surface area contributed by atoms with Gasteiger partial charge in [-0.25, -0.2) is 0 Å². The van der Waals surface area contributed by atoms with Gasteiger partial charge in [0, 0.05) is 23.2 Å². The van der Waals surface area contributed by atoms with E-state index in [0.29, 0.717) is 30.9 Å². The van der Waals surface area contributed by atoms with E-state index in [-0.39, 0.29) is 5.91 Å². The number of hydrogen-bond acceptors (Lipinski definition) is 4. The van der Waals surface area contributed by atoms with Crippen LogP contribution in [0.1, 0.15) is 16.2 Å². The van der Waals surface area contributed by atoms with Crippen molar-refractivity contribution in [2.24, 2.45) is 0 Å². The van der Waals surface area contributed by atoms with Crippen molar-refractivity contribution in [1.82, 2.24) is 19.7 Å². The number of rotatable bonds is 1. The van der Waals surface area contributed by atoms with E-state index < -0.39 is 0 Å². The van der Waals surface area contributed by atoms with Crippen LogP contribution in [0.2, 0.25) is 0 Å². The quantitative estimate of drug-likeness (QED) is 0.803. The number of aromatic nitrogens is 3.